The van der Waals surface area contributed by atoms with E-state index in [0.717, 1.165) is 29.8 Å². The Hall–Kier alpha value is -1.74. The number of para-hydroxylation sites is 1. The van der Waals surface area contributed by atoms with Crippen molar-refractivity contribution in [3.63, 3.8) is 0 Å². The van der Waals surface area contributed by atoms with Crippen molar-refractivity contribution in [2.24, 2.45) is 0 Å². The number of hydrogen-bond donors (Lipinski definition) is 1. The monoisotopic (exact) mass is 224 g/mol. The summed E-state index contributed by atoms with van der Waals surface area (Å²) in [7, 11) is 1.12. The molecular weight excluding hydrogens is 209 g/mol. The summed E-state index contributed by atoms with van der Waals surface area (Å²) in [6, 6.07) is 8.05. The van der Waals surface area contributed by atoms with Crippen LogP contribution in [-0.2, 0) is 0 Å². The van der Waals surface area contributed by atoms with Gasteiger partial charge in [-0.05, 0) is 26.0 Å². The van der Waals surface area contributed by atoms with Gasteiger partial charge in [0.05, 0.1) is 0 Å². The molecule has 0 fully saturated rings. The van der Waals surface area contributed by atoms with Crippen LogP contribution in [0.5, 0.6) is 0 Å². The zero-order chi connectivity index (χ0) is 12.3. The zero-order valence-corrected chi connectivity index (χ0v) is 10.1. The van der Waals surface area contributed by atoms with Crippen LogP contribution in [-0.4, -0.2) is 17.1 Å². The molecule has 0 saturated carbocycles. The van der Waals surface area contributed by atoms with Gasteiger partial charge in [-0.25, -0.2) is 0 Å². The molecule has 0 saturated heterocycles. The number of allylic oxidation sites excluding steroid dienone is 2. The van der Waals surface area contributed by atoms with Crippen LogP contribution in [0, 0.1) is 0 Å². The van der Waals surface area contributed by atoms with Crippen LogP contribution in [0.15, 0.2) is 36.4 Å². The van der Waals surface area contributed by atoms with Gasteiger partial charge in [0.25, 0.3) is 0 Å². The van der Waals surface area contributed by atoms with E-state index in [1.54, 1.807) is 4.48 Å². The van der Waals surface area contributed by atoms with Gasteiger partial charge in [-0.1, -0.05) is 36.4 Å². The summed E-state index contributed by atoms with van der Waals surface area (Å²) in [5, 5.41) is 10.5. The van der Waals surface area contributed by atoms with Crippen molar-refractivity contribution in [2.75, 3.05) is 0 Å². The maximum absolute atomic E-state index is 9.40. The SMILES string of the molecule is C/C=C\c1c(/C=C\C)n([B]O)c2ccccc12. The Morgan fingerprint density at radius 1 is 1.12 bits per heavy atom. The lowest BCUT2D eigenvalue weighted by Gasteiger charge is -2.02. The van der Waals surface area contributed by atoms with E-state index in [1.165, 1.54) is 0 Å². The van der Waals surface area contributed by atoms with Gasteiger partial charge in [-0.3, -0.25) is 0 Å². The van der Waals surface area contributed by atoms with Crippen molar-refractivity contribution in [1.29, 1.82) is 0 Å². The predicted molar refractivity (Wildman–Crippen MR) is 74.7 cm³/mol. The normalized spacial score (nSPS) is 11.9. The van der Waals surface area contributed by atoms with Gasteiger partial charge in [0.15, 0.2) is 0 Å². The van der Waals surface area contributed by atoms with Crippen LogP contribution in [0.3, 0.4) is 0 Å². The quantitative estimate of drug-likeness (QED) is 0.796. The van der Waals surface area contributed by atoms with E-state index >= 15 is 0 Å². The smallest absolute Gasteiger partial charge is 0.435 e. The molecule has 85 valence electrons. The Kier molecular flexibility index (Phi) is 3.50. The second kappa shape index (κ2) is 5.06. The largest absolute Gasteiger partial charge is 0.441 e. The lowest BCUT2D eigenvalue weighted by molar-refractivity contribution is 0.591. The van der Waals surface area contributed by atoms with E-state index in [1.807, 2.05) is 50.3 Å². The molecule has 0 aliphatic heterocycles. The number of fused-ring (bicyclic) bond motifs is 1. The van der Waals surface area contributed by atoms with E-state index in [0.29, 0.717) is 0 Å². The first kappa shape index (κ1) is 11.7. The van der Waals surface area contributed by atoms with E-state index in [9.17, 15) is 5.02 Å². The first-order valence-corrected chi connectivity index (χ1v) is 5.69. The molecule has 1 radical (unpaired) electrons. The summed E-state index contributed by atoms with van der Waals surface area (Å²) < 4.78 is 1.80. The molecule has 3 heteroatoms. The molecule has 1 N–H and O–H groups in total. The Morgan fingerprint density at radius 3 is 2.47 bits per heavy atom. The maximum atomic E-state index is 9.40. The van der Waals surface area contributed by atoms with Crippen molar-refractivity contribution in [3.05, 3.63) is 47.7 Å². The van der Waals surface area contributed by atoms with Crippen LogP contribution in [0.25, 0.3) is 23.1 Å². The van der Waals surface area contributed by atoms with Crippen LogP contribution in [0.1, 0.15) is 25.1 Å². The highest BCUT2D eigenvalue weighted by molar-refractivity contribution is 6.27. The summed E-state index contributed by atoms with van der Waals surface area (Å²) in [6.07, 6.45) is 8.05. The molecule has 0 aliphatic carbocycles. The molecule has 0 unspecified atom stereocenters. The molecule has 2 rings (SSSR count). The molecule has 1 aromatic carbocycles. The van der Waals surface area contributed by atoms with Gasteiger partial charge in [-0.15, -0.1) is 0 Å². The van der Waals surface area contributed by atoms with Gasteiger partial charge in [-0.2, -0.15) is 0 Å². The summed E-state index contributed by atoms with van der Waals surface area (Å²) in [5.41, 5.74) is 3.14. The Balaban J connectivity index is 2.86. The molecule has 0 spiro atoms. The van der Waals surface area contributed by atoms with Crippen LogP contribution < -0.4 is 0 Å². The van der Waals surface area contributed by atoms with Crippen LogP contribution in [0.2, 0.25) is 0 Å². The fraction of sp³-hybridized carbons (Fsp3) is 0.143. The number of hydrogen-bond acceptors (Lipinski definition) is 1. The first-order chi connectivity index (χ1) is 8.33. The number of aromatic nitrogens is 1. The highest BCUT2D eigenvalue weighted by atomic mass is 16.2. The van der Waals surface area contributed by atoms with Gasteiger partial charge in [0.2, 0.25) is 0 Å². The van der Waals surface area contributed by atoms with E-state index < -0.39 is 0 Å². The molecule has 0 aliphatic rings. The molecule has 2 nitrogen and oxygen atoms in total. The number of benzene rings is 1. The van der Waals surface area contributed by atoms with E-state index in [-0.39, 0.29) is 0 Å². The molecule has 1 heterocycles. The lowest BCUT2D eigenvalue weighted by atomic mass is 10.1. The van der Waals surface area contributed by atoms with Gasteiger partial charge in [0, 0.05) is 22.2 Å². The molecule has 17 heavy (non-hydrogen) atoms. The first-order valence-electron chi connectivity index (χ1n) is 5.69. The molecule has 0 atom stereocenters. The standard InChI is InChI=1S/C14H15BNO/c1-3-7-11-12-9-5-6-10-14(12)16(15-17)13(11)8-4-2/h3-10,17H,1-2H3/b7-3-,8-4-. The van der Waals surface area contributed by atoms with Crippen LogP contribution >= 0.6 is 0 Å². The molecule has 0 amide bonds. The van der Waals surface area contributed by atoms with E-state index in [4.69, 9.17) is 0 Å². The minimum Gasteiger partial charge on any atom is -0.435 e. The highest BCUT2D eigenvalue weighted by Gasteiger charge is 2.12. The zero-order valence-electron chi connectivity index (χ0n) is 10.1. The minimum absolute atomic E-state index is 0.995. The van der Waals surface area contributed by atoms with Crippen molar-refractivity contribution in [2.45, 2.75) is 13.8 Å². The summed E-state index contributed by atoms with van der Waals surface area (Å²) in [5.74, 6) is 0. The Labute approximate surface area is 102 Å². The molecule has 1 aromatic heterocycles. The predicted octanol–water partition coefficient (Wildman–Crippen LogP) is 3.08. The Morgan fingerprint density at radius 2 is 1.82 bits per heavy atom. The minimum atomic E-state index is 0.995. The highest BCUT2D eigenvalue weighted by Crippen LogP contribution is 2.27. The van der Waals surface area contributed by atoms with Crippen LogP contribution in [0.4, 0.5) is 0 Å². The number of rotatable bonds is 3. The summed E-state index contributed by atoms with van der Waals surface area (Å²) in [6.45, 7) is 3.97. The van der Waals surface area contributed by atoms with Crippen molar-refractivity contribution < 1.29 is 5.02 Å². The molecule has 2 aromatic rings. The topological polar surface area (TPSA) is 25.2 Å². The lowest BCUT2D eigenvalue weighted by Crippen LogP contribution is -2.06. The van der Waals surface area contributed by atoms with Gasteiger partial charge in [0.1, 0.15) is 0 Å². The third-order valence-corrected chi connectivity index (χ3v) is 2.76. The van der Waals surface area contributed by atoms with Crippen molar-refractivity contribution in [3.8, 4) is 0 Å². The second-order valence-corrected chi connectivity index (χ2v) is 3.80. The number of nitrogens with zero attached hydrogens (tertiary/aromatic N) is 1. The van der Waals surface area contributed by atoms with Crippen molar-refractivity contribution >= 4 is 30.7 Å². The average Bonchev–Trinajstić information content (AvgIpc) is 2.65. The second-order valence-electron chi connectivity index (χ2n) is 3.80. The fourth-order valence-electron chi connectivity index (χ4n) is 2.10. The third kappa shape index (κ3) is 1.94. The fourth-order valence-corrected chi connectivity index (χ4v) is 2.10. The average molecular weight is 224 g/mol. The van der Waals surface area contributed by atoms with Crippen molar-refractivity contribution in [1.82, 2.24) is 4.48 Å². The third-order valence-electron chi connectivity index (χ3n) is 2.76. The summed E-state index contributed by atoms with van der Waals surface area (Å²) >= 11 is 0. The summed E-state index contributed by atoms with van der Waals surface area (Å²) in [4.78, 5) is 0. The maximum Gasteiger partial charge on any atom is 0.441 e. The molecule has 0 bridgehead atoms. The molecular formula is C14H15BNO. The van der Waals surface area contributed by atoms with Gasteiger partial charge < -0.3 is 9.50 Å². The van der Waals surface area contributed by atoms with E-state index in [2.05, 4.69) is 12.1 Å². The van der Waals surface area contributed by atoms with Gasteiger partial charge >= 0.3 is 7.62 Å². The Bertz CT molecular complexity index is 581.